The van der Waals surface area contributed by atoms with Gasteiger partial charge >= 0.3 is 6.18 Å². The molecule has 0 radical (unpaired) electrons. The van der Waals surface area contributed by atoms with Crippen molar-refractivity contribution in [1.82, 2.24) is 0 Å². The second-order valence-corrected chi connectivity index (χ2v) is 5.63. The molecule has 1 aromatic carbocycles. The zero-order valence-corrected chi connectivity index (χ0v) is 13.7. The first kappa shape index (κ1) is 17.8. The van der Waals surface area contributed by atoms with E-state index < -0.39 is 11.7 Å². The van der Waals surface area contributed by atoms with Crippen molar-refractivity contribution in [3.05, 3.63) is 53.2 Å². The van der Waals surface area contributed by atoms with E-state index in [-0.39, 0.29) is 12.5 Å². The van der Waals surface area contributed by atoms with Gasteiger partial charge in [-0.05, 0) is 31.0 Å². The van der Waals surface area contributed by atoms with Crippen LogP contribution >= 0.6 is 0 Å². The Balaban J connectivity index is 2.04. The maximum Gasteiger partial charge on any atom is 0.419 e. The minimum atomic E-state index is -4.40. The Bertz CT molecular complexity index is 707. The predicted octanol–water partition coefficient (Wildman–Crippen LogP) is 3.21. The van der Waals surface area contributed by atoms with E-state index in [1.807, 2.05) is 32.0 Å². The molecule has 0 aliphatic heterocycles. The number of nitrogens with one attached hydrogen (secondary N) is 2. The molecule has 0 saturated heterocycles. The van der Waals surface area contributed by atoms with Gasteiger partial charge in [-0.1, -0.05) is 18.2 Å². The van der Waals surface area contributed by atoms with Gasteiger partial charge in [0.15, 0.2) is 6.54 Å². The molecule has 0 unspecified atom stereocenters. The Hall–Kier alpha value is -2.57. The summed E-state index contributed by atoms with van der Waals surface area (Å²) in [4.78, 5) is 16.3. The van der Waals surface area contributed by atoms with Crippen LogP contribution < -0.4 is 15.2 Å². The lowest BCUT2D eigenvalue weighted by Crippen LogP contribution is -2.34. The molecule has 24 heavy (non-hydrogen) atoms. The van der Waals surface area contributed by atoms with Crippen LogP contribution in [0.3, 0.4) is 0 Å². The predicted molar refractivity (Wildman–Crippen MR) is 85.8 cm³/mol. The summed E-state index contributed by atoms with van der Waals surface area (Å²) in [5, 5.41) is 2.84. The number of carbonyl (C=O) groups excluding carboxylic acids is 1. The van der Waals surface area contributed by atoms with Crippen LogP contribution in [0.4, 0.5) is 24.7 Å². The van der Waals surface area contributed by atoms with E-state index in [0.717, 1.165) is 29.1 Å². The average molecular weight is 338 g/mol. The summed E-state index contributed by atoms with van der Waals surface area (Å²) >= 11 is 0. The number of anilines is 2. The third-order valence-corrected chi connectivity index (χ3v) is 3.66. The quantitative estimate of drug-likeness (QED) is 0.930. The van der Waals surface area contributed by atoms with Gasteiger partial charge in [0.25, 0.3) is 11.7 Å². The molecule has 0 atom stereocenters. The number of halogens is 3. The molecule has 1 amide bonds. The molecule has 2 N–H and O–H groups in total. The van der Waals surface area contributed by atoms with Gasteiger partial charge in [0.1, 0.15) is 6.20 Å². The summed E-state index contributed by atoms with van der Waals surface area (Å²) < 4.78 is 37.7. The van der Waals surface area contributed by atoms with Crippen molar-refractivity contribution < 1.29 is 22.9 Å². The Labute approximate surface area is 138 Å². The molecule has 2 rings (SSSR count). The molecule has 2 aromatic rings. The average Bonchev–Trinajstić information content (AvgIpc) is 2.50. The van der Waals surface area contributed by atoms with Gasteiger partial charge in [0, 0.05) is 11.8 Å². The molecule has 1 heterocycles. The number of hydrogen-bond donors (Lipinski definition) is 1. The number of alkyl halides is 3. The number of pyridine rings is 1. The van der Waals surface area contributed by atoms with Crippen molar-refractivity contribution in [2.75, 3.05) is 23.8 Å². The summed E-state index contributed by atoms with van der Waals surface area (Å²) in [5.74, 6) is 0.169. The third-order valence-electron chi connectivity index (χ3n) is 3.66. The van der Waals surface area contributed by atoms with Gasteiger partial charge in [-0.2, -0.15) is 13.2 Å². The number of para-hydroxylation sites is 1. The topological polar surface area (TPSA) is 46.5 Å². The van der Waals surface area contributed by atoms with Crippen LogP contribution in [0, 0.1) is 13.8 Å². The Morgan fingerprint density at radius 3 is 2.29 bits per heavy atom. The minimum Gasteiger partial charge on any atom is -0.322 e. The van der Waals surface area contributed by atoms with Gasteiger partial charge in [-0.25, -0.2) is 4.98 Å². The van der Waals surface area contributed by atoms with Crippen LogP contribution in [0.25, 0.3) is 0 Å². The normalized spacial score (nSPS) is 11.2. The second kappa shape index (κ2) is 6.90. The van der Waals surface area contributed by atoms with Crippen LogP contribution in [0.15, 0.2) is 36.5 Å². The van der Waals surface area contributed by atoms with Crippen molar-refractivity contribution in [1.29, 1.82) is 0 Å². The highest BCUT2D eigenvalue weighted by atomic mass is 19.4. The molecule has 0 aliphatic carbocycles. The molecule has 4 nitrogen and oxygen atoms in total. The number of aryl methyl sites for hydroxylation is 2. The number of amides is 1. The number of likely N-dealkylation sites (N-methyl/N-ethyl adjacent to an activating group) is 1. The van der Waals surface area contributed by atoms with E-state index in [0.29, 0.717) is 5.82 Å². The molecule has 0 aliphatic rings. The number of aromatic nitrogens is 1. The van der Waals surface area contributed by atoms with Crippen LogP contribution in [-0.4, -0.2) is 19.5 Å². The standard InChI is InChI=1S/C17H18F3N3O/c1-11-5-4-6-12(2)16(11)22-15(24)10-23(3)14-8-7-13(9-21-14)17(18,19)20/h4-9H,10H2,1-3H3,(H,22,24)/p+1. The molecule has 0 spiro atoms. The lowest BCUT2D eigenvalue weighted by Gasteiger charge is -2.14. The van der Waals surface area contributed by atoms with Crippen molar-refractivity contribution in [3.63, 3.8) is 0 Å². The number of H-pyrrole nitrogens is 1. The highest BCUT2D eigenvalue weighted by Crippen LogP contribution is 2.28. The monoisotopic (exact) mass is 338 g/mol. The van der Waals surface area contributed by atoms with Crippen molar-refractivity contribution >= 4 is 17.4 Å². The fourth-order valence-corrected chi connectivity index (χ4v) is 2.32. The van der Waals surface area contributed by atoms with Crippen molar-refractivity contribution in [2.45, 2.75) is 20.0 Å². The number of benzene rings is 1. The van der Waals surface area contributed by atoms with Gasteiger partial charge in [-0.3, -0.25) is 9.69 Å². The van der Waals surface area contributed by atoms with E-state index in [2.05, 4.69) is 10.3 Å². The molecular weight excluding hydrogens is 319 g/mol. The molecular formula is C17H19F3N3O+. The van der Waals surface area contributed by atoms with Gasteiger partial charge in [0.2, 0.25) is 0 Å². The van der Waals surface area contributed by atoms with E-state index >= 15 is 0 Å². The summed E-state index contributed by atoms with van der Waals surface area (Å²) in [6.07, 6.45) is -3.51. The molecule has 1 aromatic heterocycles. The maximum absolute atomic E-state index is 12.6. The lowest BCUT2D eigenvalue weighted by molar-refractivity contribution is -0.367. The summed E-state index contributed by atoms with van der Waals surface area (Å²) in [6.45, 7) is 3.81. The maximum atomic E-state index is 12.6. The lowest BCUT2D eigenvalue weighted by atomic mass is 10.1. The zero-order valence-electron chi connectivity index (χ0n) is 13.7. The number of nitrogens with zero attached hydrogens (tertiary/aromatic N) is 1. The number of rotatable bonds is 4. The van der Waals surface area contributed by atoms with Crippen molar-refractivity contribution in [2.24, 2.45) is 0 Å². The summed E-state index contributed by atoms with van der Waals surface area (Å²) in [5.41, 5.74) is 1.89. The van der Waals surface area contributed by atoms with E-state index in [4.69, 9.17) is 0 Å². The Kier molecular flexibility index (Phi) is 5.11. The first-order chi connectivity index (χ1) is 11.2. The van der Waals surface area contributed by atoms with Crippen LogP contribution in [-0.2, 0) is 11.0 Å². The Morgan fingerprint density at radius 1 is 1.17 bits per heavy atom. The minimum absolute atomic E-state index is 0.00956. The van der Waals surface area contributed by atoms with Gasteiger partial charge < -0.3 is 5.32 Å². The Morgan fingerprint density at radius 2 is 1.79 bits per heavy atom. The number of hydrogen-bond acceptors (Lipinski definition) is 2. The van der Waals surface area contributed by atoms with Gasteiger partial charge in [-0.15, -0.1) is 0 Å². The molecule has 0 saturated carbocycles. The van der Waals surface area contributed by atoms with E-state index in [1.165, 1.54) is 6.07 Å². The highest BCUT2D eigenvalue weighted by molar-refractivity contribution is 5.95. The molecule has 7 heteroatoms. The van der Waals surface area contributed by atoms with Gasteiger partial charge in [0.05, 0.1) is 12.6 Å². The fraction of sp³-hybridized carbons (Fsp3) is 0.294. The SMILES string of the molecule is Cc1cccc(C)c1NC(=O)CN(C)c1ccc(C(F)(F)F)c[nH+]1. The van der Waals surface area contributed by atoms with E-state index in [9.17, 15) is 18.0 Å². The molecule has 0 bridgehead atoms. The number of carbonyl (C=O) groups is 1. The smallest absolute Gasteiger partial charge is 0.322 e. The summed E-state index contributed by atoms with van der Waals surface area (Å²) in [6, 6.07) is 7.98. The third kappa shape index (κ3) is 4.24. The van der Waals surface area contributed by atoms with E-state index in [1.54, 1.807) is 11.9 Å². The molecule has 0 fully saturated rings. The fourth-order valence-electron chi connectivity index (χ4n) is 2.32. The van der Waals surface area contributed by atoms with Crippen LogP contribution in [0.5, 0.6) is 0 Å². The van der Waals surface area contributed by atoms with Crippen LogP contribution in [0.1, 0.15) is 16.7 Å². The first-order valence-electron chi connectivity index (χ1n) is 7.34. The largest absolute Gasteiger partial charge is 0.419 e. The van der Waals surface area contributed by atoms with Crippen LogP contribution in [0.2, 0.25) is 0 Å². The first-order valence-corrected chi connectivity index (χ1v) is 7.34. The van der Waals surface area contributed by atoms with Crippen molar-refractivity contribution in [3.8, 4) is 0 Å². The highest BCUT2D eigenvalue weighted by Gasteiger charge is 2.32. The number of aromatic amines is 1. The molecule has 128 valence electrons. The summed E-state index contributed by atoms with van der Waals surface area (Å²) in [7, 11) is 1.63. The zero-order chi connectivity index (χ0) is 17.9. The second-order valence-electron chi connectivity index (χ2n) is 5.63.